The lowest BCUT2D eigenvalue weighted by Crippen LogP contribution is -3.11. The molecule has 5 nitrogen and oxygen atoms in total. The Morgan fingerprint density at radius 3 is 2.32 bits per heavy atom. The third-order valence-corrected chi connectivity index (χ3v) is 4.73. The van der Waals surface area contributed by atoms with Crippen molar-refractivity contribution < 1.29 is 22.4 Å². The number of nitrogens with zero attached hydrogens (tertiary/aromatic N) is 3. The van der Waals surface area contributed by atoms with Crippen molar-refractivity contribution in [3.05, 3.63) is 66.0 Å². The summed E-state index contributed by atoms with van der Waals surface area (Å²) in [7, 11) is 0. The van der Waals surface area contributed by atoms with Crippen LogP contribution in [-0.4, -0.2) is 39.5 Å². The van der Waals surface area contributed by atoms with Crippen molar-refractivity contribution >= 4 is 12.2 Å². The fourth-order valence-electron chi connectivity index (χ4n) is 3.05. The highest BCUT2D eigenvalue weighted by molar-refractivity contribution is 5.69. The number of hydrogen-bond acceptors (Lipinski definition) is 3. The van der Waals surface area contributed by atoms with Crippen LogP contribution in [0, 0.1) is 0 Å². The Hall–Kier alpha value is -2.63. The molecule has 0 saturated heterocycles. The molecular weight excluding hydrogens is 372 g/mol. The summed E-state index contributed by atoms with van der Waals surface area (Å²) < 4.78 is 1.91. The summed E-state index contributed by atoms with van der Waals surface area (Å²) in [5, 5.41) is 14.9. The first-order valence-corrected chi connectivity index (χ1v) is 9.51. The van der Waals surface area contributed by atoms with Gasteiger partial charge in [-0.25, -0.2) is 9.67 Å². The quantitative estimate of drug-likeness (QED) is 0.550. The molecule has 0 aliphatic rings. The summed E-state index contributed by atoms with van der Waals surface area (Å²) >= 11 is 0. The lowest BCUT2D eigenvalue weighted by molar-refractivity contribution is -0.897. The summed E-state index contributed by atoms with van der Waals surface area (Å²) in [5.41, 5.74) is 1.81. The number of quaternary nitrogens is 1. The van der Waals surface area contributed by atoms with E-state index in [0.29, 0.717) is 17.2 Å². The molecule has 0 amide bonds. The summed E-state index contributed by atoms with van der Waals surface area (Å²) in [6.07, 6.45) is 3.92. The maximum absolute atomic E-state index is 10.3. The average Bonchev–Trinajstić information content (AvgIpc) is 3.11. The van der Waals surface area contributed by atoms with E-state index in [2.05, 4.69) is 23.9 Å². The van der Waals surface area contributed by atoms with Gasteiger partial charge in [-0.2, -0.15) is 5.10 Å². The molecule has 0 aliphatic carbocycles. The minimum atomic E-state index is 0. The zero-order valence-corrected chi connectivity index (χ0v) is 17.1. The van der Waals surface area contributed by atoms with Gasteiger partial charge >= 0.3 is 0 Å². The van der Waals surface area contributed by atoms with Crippen LogP contribution in [0.1, 0.15) is 25.2 Å². The number of aromatic nitrogens is 3. The molecule has 0 unspecified atom stereocenters. The smallest absolute Gasteiger partial charge is 0.174 e. The molecule has 3 aromatic rings. The van der Waals surface area contributed by atoms with Crippen molar-refractivity contribution in [1.82, 2.24) is 14.8 Å². The zero-order valence-electron chi connectivity index (χ0n) is 16.3. The molecule has 0 radical (unpaired) electrons. The molecule has 28 heavy (non-hydrogen) atoms. The molecular formula is C22H27ClN4O. The number of aromatic hydroxyl groups is 1. The first-order valence-electron chi connectivity index (χ1n) is 9.51. The molecule has 1 heterocycles. The summed E-state index contributed by atoms with van der Waals surface area (Å²) in [6, 6.07) is 17.4. The first kappa shape index (κ1) is 21.7. The number of likely N-dealkylation sites (N-methyl/N-ethyl adjacent to an activating group) is 1. The van der Waals surface area contributed by atoms with Crippen LogP contribution in [0.15, 0.2) is 54.6 Å². The number of hydrogen-bond donors (Lipinski definition) is 2. The lowest BCUT2D eigenvalue weighted by atomic mass is 10.2. The largest absolute Gasteiger partial charge is 1.00 e. The minimum absolute atomic E-state index is 0. The molecule has 1 aromatic heterocycles. The van der Waals surface area contributed by atoms with Crippen LogP contribution in [-0.2, 0) is 6.54 Å². The van der Waals surface area contributed by atoms with Gasteiger partial charge in [-0.1, -0.05) is 48.5 Å². The van der Waals surface area contributed by atoms with Crippen molar-refractivity contribution in [2.75, 3.05) is 19.6 Å². The van der Waals surface area contributed by atoms with E-state index in [1.807, 2.05) is 65.4 Å². The van der Waals surface area contributed by atoms with Gasteiger partial charge < -0.3 is 22.4 Å². The standard InChI is InChI=1S/C22H26N4O.ClH/c1-3-25(4-2)16-17-26-22(19-12-8-9-13-20(19)27)23-21(24-26)15-14-18-10-6-5-7-11-18;/h5-15,27H,3-4,16-17H2,1-2H3;1H/b15-14+;. The SMILES string of the molecule is CC[NH+](CC)CCn1nc(/C=C/c2ccccc2)nc1-c1ccccc1O.[Cl-]. The lowest BCUT2D eigenvalue weighted by Gasteiger charge is -2.15. The highest BCUT2D eigenvalue weighted by Crippen LogP contribution is 2.27. The van der Waals surface area contributed by atoms with Crippen LogP contribution in [0.3, 0.4) is 0 Å². The van der Waals surface area contributed by atoms with E-state index < -0.39 is 0 Å². The number of halogens is 1. The van der Waals surface area contributed by atoms with Gasteiger partial charge in [0.2, 0.25) is 0 Å². The number of para-hydroxylation sites is 1. The third kappa shape index (κ3) is 5.44. The molecule has 2 aromatic carbocycles. The predicted octanol–water partition coefficient (Wildman–Crippen LogP) is -0.250. The number of nitrogens with one attached hydrogen (secondary N) is 1. The molecule has 2 N–H and O–H groups in total. The van der Waals surface area contributed by atoms with Gasteiger partial charge in [-0.3, -0.25) is 0 Å². The van der Waals surface area contributed by atoms with Crippen molar-refractivity contribution in [1.29, 1.82) is 0 Å². The van der Waals surface area contributed by atoms with E-state index >= 15 is 0 Å². The third-order valence-electron chi connectivity index (χ3n) is 4.73. The van der Waals surface area contributed by atoms with E-state index in [1.165, 1.54) is 4.90 Å². The van der Waals surface area contributed by atoms with Gasteiger partial charge in [0.05, 0.1) is 31.7 Å². The average molecular weight is 399 g/mol. The van der Waals surface area contributed by atoms with Gasteiger partial charge in [0.25, 0.3) is 0 Å². The van der Waals surface area contributed by atoms with Crippen molar-refractivity contribution in [2.24, 2.45) is 0 Å². The second kappa shape index (κ2) is 10.6. The van der Waals surface area contributed by atoms with E-state index in [-0.39, 0.29) is 18.2 Å². The van der Waals surface area contributed by atoms with E-state index in [0.717, 1.165) is 31.7 Å². The maximum atomic E-state index is 10.3. The number of benzene rings is 2. The van der Waals surface area contributed by atoms with Crippen LogP contribution < -0.4 is 17.3 Å². The zero-order chi connectivity index (χ0) is 19.1. The Kier molecular flexibility index (Phi) is 8.23. The summed E-state index contributed by atoms with van der Waals surface area (Å²) in [5.74, 6) is 1.57. The molecule has 0 aliphatic heterocycles. The Morgan fingerprint density at radius 2 is 1.64 bits per heavy atom. The first-order chi connectivity index (χ1) is 13.2. The van der Waals surface area contributed by atoms with Crippen LogP contribution in [0.4, 0.5) is 0 Å². The van der Waals surface area contributed by atoms with Crippen LogP contribution in [0.5, 0.6) is 5.75 Å². The molecule has 148 valence electrons. The van der Waals surface area contributed by atoms with Gasteiger partial charge in [0, 0.05) is 0 Å². The Balaban J connectivity index is 0.00000280. The Labute approximate surface area is 172 Å². The molecule has 0 spiro atoms. The molecule has 0 atom stereocenters. The number of phenolic OH excluding ortho intramolecular Hbond substituents is 1. The molecule has 0 bridgehead atoms. The van der Waals surface area contributed by atoms with Gasteiger partial charge in [0.1, 0.15) is 5.75 Å². The summed E-state index contributed by atoms with van der Waals surface area (Å²) in [4.78, 5) is 6.19. The van der Waals surface area contributed by atoms with Gasteiger partial charge in [-0.15, -0.1) is 0 Å². The van der Waals surface area contributed by atoms with E-state index in [4.69, 9.17) is 0 Å². The van der Waals surface area contributed by atoms with Crippen molar-refractivity contribution in [2.45, 2.75) is 20.4 Å². The van der Waals surface area contributed by atoms with E-state index in [1.54, 1.807) is 6.07 Å². The van der Waals surface area contributed by atoms with Crippen LogP contribution in [0.2, 0.25) is 0 Å². The number of rotatable bonds is 8. The molecule has 3 rings (SSSR count). The minimum Gasteiger partial charge on any atom is -1.00 e. The second-order valence-corrected chi connectivity index (χ2v) is 6.49. The highest BCUT2D eigenvalue weighted by atomic mass is 35.5. The molecule has 0 saturated carbocycles. The molecule has 0 fully saturated rings. The molecule has 6 heteroatoms. The van der Waals surface area contributed by atoms with Crippen LogP contribution >= 0.6 is 0 Å². The monoisotopic (exact) mass is 398 g/mol. The number of phenols is 1. The Bertz CT molecular complexity index is 889. The van der Waals surface area contributed by atoms with Crippen LogP contribution in [0.25, 0.3) is 23.5 Å². The normalized spacial score (nSPS) is 11.1. The fourth-order valence-corrected chi connectivity index (χ4v) is 3.05. The topological polar surface area (TPSA) is 55.4 Å². The van der Waals surface area contributed by atoms with Crippen molar-refractivity contribution in [3.63, 3.8) is 0 Å². The van der Waals surface area contributed by atoms with Gasteiger partial charge in [0.15, 0.2) is 11.6 Å². The second-order valence-electron chi connectivity index (χ2n) is 6.49. The predicted molar refractivity (Wildman–Crippen MR) is 109 cm³/mol. The highest BCUT2D eigenvalue weighted by Gasteiger charge is 2.15. The fraction of sp³-hybridized carbons (Fsp3) is 0.273. The summed E-state index contributed by atoms with van der Waals surface area (Å²) in [6.45, 7) is 8.28. The van der Waals surface area contributed by atoms with Gasteiger partial charge in [-0.05, 0) is 37.6 Å². The maximum Gasteiger partial charge on any atom is 0.174 e. The van der Waals surface area contributed by atoms with E-state index in [9.17, 15) is 5.11 Å². The van der Waals surface area contributed by atoms with Crippen molar-refractivity contribution in [3.8, 4) is 17.1 Å². The Morgan fingerprint density at radius 1 is 0.964 bits per heavy atom.